The van der Waals surface area contributed by atoms with Gasteiger partial charge in [0.1, 0.15) is 12.4 Å². The normalized spacial score (nSPS) is 10.7. The van der Waals surface area contributed by atoms with E-state index in [1.165, 1.54) is 6.08 Å². The maximum atomic E-state index is 10.4. The Balaban J connectivity index is 1.93. The summed E-state index contributed by atoms with van der Waals surface area (Å²) >= 11 is 5.80. The maximum Gasteiger partial charge on any atom is 0.328 e. The number of halogens is 1. The van der Waals surface area contributed by atoms with Crippen LogP contribution in [0.1, 0.15) is 11.3 Å². The second-order valence-corrected chi connectivity index (χ2v) is 4.44. The molecule has 0 atom stereocenters. The standard InChI is InChI=1S/C15H12ClNO3/c16-12-3-1-11(2-4-12)10-20-14-7-5-13(17-9-14)6-8-15(18)19/h1-9H,10H2,(H,18,19). The lowest BCUT2D eigenvalue weighted by molar-refractivity contribution is -0.131. The van der Waals surface area contributed by atoms with Crippen LogP contribution in [-0.4, -0.2) is 16.1 Å². The van der Waals surface area contributed by atoms with Crippen LogP contribution in [0.25, 0.3) is 6.08 Å². The molecule has 0 aliphatic carbocycles. The molecule has 1 aromatic carbocycles. The van der Waals surface area contributed by atoms with Crippen LogP contribution in [0.3, 0.4) is 0 Å². The van der Waals surface area contributed by atoms with Crippen LogP contribution < -0.4 is 4.74 Å². The quantitative estimate of drug-likeness (QED) is 0.857. The third-order valence-corrected chi connectivity index (χ3v) is 2.73. The molecule has 1 aromatic heterocycles. The first-order valence-corrected chi connectivity index (χ1v) is 6.25. The van der Waals surface area contributed by atoms with Gasteiger partial charge in [-0.3, -0.25) is 4.98 Å². The molecule has 1 heterocycles. The minimum absolute atomic E-state index is 0.420. The molecule has 0 bridgehead atoms. The fourth-order valence-electron chi connectivity index (χ4n) is 1.48. The average molecular weight is 290 g/mol. The Morgan fingerprint density at radius 1 is 1.25 bits per heavy atom. The number of ether oxygens (including phenoxy) is 1. The van der Waals surface area contributed by atoms with Crippen molar-refractivity contribution in [2.45, 2.75) is 6.61 Å². The van der Waals surface area contributed by atoms with Gasteiger partial charge in [0, 0.05) is 11.1 Å². The summed E-state index contributed by atoms with van der Waals surface area (Å²) in [6.07, 6.45) is 4.01. The number of hydrogen-bond acceptors (Lipinski definition) is 3. The van der Waals surface area contributed by atoms with Gasteiger partial charge in [0.25, 0.3) is 0 Å². The molecule has 2 aromatic rings. The number of rotatable bonds is 5. The van der Waals surface area contributed by atoms with Gasteiger partial charge < -0.3 is 9.84 Å². The summed E-state index contributed by atoms with van der Waals surface area (Å²) in [7, 11) is 0. The molecule has 0 amide bonds. The molecule has 0 aliphatic heterocycles. The molecular formula is C15H12ClNO3. The van der Waals surface area contributed by atoms with E-state index < -0.39 is 5.97 Å². The van der Waals surface area contributed by atoms with Crippen LogP contribution >= 0.6 is 11.6 Å². The number of aliphatic carboxylic acids is 1. The molecule has 0 fully saturated rings. The van der Waals surface area contributed by atoms with E-state index in [-0.39, 0.29) is 0 Å². The van der Waals surface area contributed by atoms with Gasteiger partial charge in [-0.1, -0.05) is 23.7 Å². The van der Waals surface area contributed by atoms with Crippen LogP contribution in [0.5, 0.6) is 5.75 Å². The predicted molar refractivity (Wildman–Crippen MR) is 76.7 cm³/mol. The Kier molecular flexibility index (Phi) is 4.74. The fraction of sp³-hybridized carbons (Fsp3) is 0.0667. The Labute approximate surface area is 121 Å². The van der Waals surface area contributed by atoms with Crippen molar-refractivity contribution in [3.8, 4) is 5.75 Å². The molecule has 0 saturated carbocycles. The molecule has 0 spiro atoms. The van der Waals surface area contributed by atoms with Crippen molar-refractivity contribution in [1.29, 1.82) is 0 Å². The summed E-state index contributed by atoms with van der Waals surface area (Å²) in [6, 6.07) is 10.8. The molecule has 1 N–H and O–H groups in total. The minimum Gasteiger partial charge on any atom is -0.487 e. The first-order chi connectivity index (χ1) is 9.63. The van der Waals surface area contributed by atoms with Crippen molar-refractivity contribution in [2.75, 3.05) is 0 Å². The topological polar surface area (TPSA) is 59.4 Å². The summed E-state index contributed by atoms with van der Waals surface area (Å²) in [6.45, 7) is 0.420. The Morgan fingerprint density at radius 3 is 2.60 bits per heavy atom. The second-order valence-electron chi connectivity index (χ2n) is 4.01. The van der Waals surface area contributed by atoms with Crippen molar-refractivity contribution in [3.63, 3.8) is 0 Å². The highest BCUT2D eigenvalue weighted by Gasteiger charge is 1.98. The number of pyridine rings is 1. The van der Waals surface area contributed by atoms with Gasteiger partial charge in [-0.05, 0) is 35.9 Å². The number of carboxylic acids is 1. The van der Waals surface area contributed by atoms with Crippen molar-refractivity contribution >= 4 is 23.6 Å². The largest absolute Gasteiger partial charge is 0.487 e. The maximum absolute atomic E-state index is 10.4. The molecule has 0 radical (unpaired) electrons. The Bertz CT molecular complexity index is 606. The van der Waals surface area contributed by atoms with Crippen LogP contribution in [0.2, 0.25) is 5.02 Å². The number of aromatic nitrogens is 1. The molecule has 4 nitrogen and oxygen atoms in total. The highest BCUT2D eigenvalue weighted by molar-refractivity contribution is 6.30. The van der Waals surface area contributed by atoms with E-state index in [1.807, 2.05) is 12.1 Å². The first-order valence-electron chi connectivity index (χ1n) is 5.88. The summed E-state index contributed by atoms with van der Waals surface area (Å²) < 4.78 is 5.57. The van der Waals surface area contributed by atoms with Gasteiger partial charge in [0.05, 0.1) is 11.9 Å². The van der Waals surface area contributed by atoms with Crippen LogP contribution in [0.4, 0.5) is 0 Å². The van der Waals surface area contributed by atoms with Gasteiger partial charge in [-0.15, -0.1) is 0 Å². The molecule has 2 rings (SSSR count). The number of carbonyl (C=O) groups is 1. The highest BCUT2D eigenvalue weighted by atomic mass is 35.5. The van der Waals surface area contributed by atoms with Crippen LogP contribution in [-0.2, 0) is 11.4 Å². The monoisotopic (exact) mass is 289 g/mol. The van der Waals surface area contributed by atoms with E-state index in [2.05, 4.69) is 4.98 Å². The third kappa shape index (κ3) is 4.40. The summed E-state index contributed by atoms with van der Waals surface area (Å²) in [5.41, 5.74) is 1.57. The lowest BCUT2D eigenvalue weighted by Crippen LogP contribution is -1.96. The van der Waals surface area contributed by atoms with Gasteiger partial charge >= 0.3 is 5.97 Å². The van der Waals surface area contributed by atoms with Crippen molar-refractivity contribution < 1.29 is 14.6 Å². The smallest absolute Gasteiger partial charge is 0.328 e. The molecule has 0 saturated heterocycles. The van der Waals surface area contributed by atoms with Crippen molar-refractivity contribution in [3.05, 3.63) is 65.0 Å². The highest BCUT2D eigenvalue weighted by Crippen LogP contribution is 2.14. The van der Waals surface area contributed by atoms with Crippen LogP contribution in [0, 0.1) is 0 Å². The van der Waals surface area contributed by atoms with E-state index in [9.17, 15) is 4.79 Å². The third-order valence-electron chi connectivity index (χ3n) is 2.47. The molecule has 20 heavy (non-hydrogen) atoms. The Morgan fingerprint density at radius 2 is 2.00 bits per heavy atom. The number of nitrogens with zero attached hydrogens (tertiary/aromatic N) is 1. The van der Waals surface area contributed by atoms with E-state index in [4.69, 9.17) is 21.4 Å². The van der Waals surface area contributed by atoms with Crippen LogP contribution in [0.15, 0.2) is 48.7 Å². The molecular weight excluding hydrogens is 278 g/mol. The molecule has 5 heteroatoms. The van der Waals surface area contributed by atoms with Gasteiger partial charge in [-0.25, -0.2) is 4.79 Å². The fourth-order valence-corrected chi connectivity index (χ4v) is 1.61. The lowest BCUT2D eigenvalue weighted by atomic mass is 10.2. The zero-order valence-corrected chi connectivity index (χ0v) is 11.2. The van der Waals surface area contributed by atoms with Gasteiger partial charge in [0.15, 0.2) is 0 Å². The zero-order chi connectivity index (χ0) is 14.4. The molecule has 0 aliphatic rings. The van der Waals surface area contributed by atoms with Gasteiger partial charge in [-0.2, -0.15) is 0 Å². The van der Waals surface area contributed by atoms with Crippen molar-refractivity contribution in [2.24, 2.45) is 0 Å². The van der Waals surface area contributed by atoms with Gasteiger partial charge in [0.2, 0.25) is 0 Å². The minimum atomic E-state index is -1.00. The number of benzene rings is 1. The van der Waals surface area contributed by atoms with E-state index in [1.54, 1.807) is 30.5 Å². The average Bonchev–Trinajstić information content (AvgIpc) is 2.45. The zero-order valence-electron chi connectivity index (χ0n) is 10.5. The molecule has 102 valence electrons. The number of hydrogen-bond donors (Lipinski definition) is 1. The second kappa shape index (κ2) is 6.73. The lowest BCUT2D eigenvalue weighted by Gasteiger charge is -2.06. The predicted octanol–water partition coefficient (Wildman–Crippen LogP) is 3.41. The Hall–Kier alpha value is -2.33. The van der Waals surface area contributed by atoms with E-state index >= 15 is 0 Å². The van der Waals surface area contributed by atoms with Crippen molar-refractivity contribution in [1.82, 2.24) is 4.98 Å². The van der Waals surface area contributed by atoms with E-state index in [0.29, 0.717) is 23.1 Å². The summed E-state index contributed by atoms with van der Waals surface area (Å²) in [5.74, 6) is -0.387. The first kappa shape index (κ1) is 14.1. The van der Waals surface area contributed by atoms with E-state index in [0.717, 1.165) is 11.6 Å². The summed E-state index contributed by atoms with van der Waals surface area (Å²) in [5, 5.41) is 9.20. The number of carboxylic acid groups (broad SMARTS) is 1. The SMILES string of the molecule is O=C(O)C=Cc1ccc(OCc2ccc(Cl)cc2)cn1. The molecule has 0 unspecified atom stereocenters. The summed E-state index contributed by atoms with van der Waals surface area (Å²) in [4.78, 5) is 14.5.